The molecule has 14 heavy (non-hydrogen) atoms. The number of hydrogen-bond donors (Lipinski definition) is 1. The number of allylic oxidation sites excluding steroid dienone is 2. The maximum Gasteiger partial charge on any atom is 0.122 e. The number of hydrogen-bond acceptors (Lipinski definition) is 1. The van der Waals surface area contributed by atoms with E-state index in [1.54, 1.807) is 0 Å². The predicted molar refractivity (Wildman–Crippen MR) is 60.7 cm³/mol. The molecule has 0 aromatic heterocycles. The molecule has 1 nitrogen and oxygen atoms in total. The zero-order valence-electron chi connectivity index (χ0n) is 9.39. The molecule has 0 heterocycles. The van der Waals surface area contributed by atoms with Crippen molar-refractivity contribution in [2.45, 2.75) is 34.1 Å². The van der Waals surface area contributed by atoms with E-state index in [1.165, 1.54) is 11.1 Å². The molecule has 0 bridgehead atoms. The monoisotopic (exact) mass is 190 g/mol. The molecule has 0 amide bonds. The van der Waals surface area contributed by atoms with Gasteiger partial charge in [0.25, 0.3) is 0 Å². The number of rotatable bonds is 2. The summed E-state index contributed by atoms with van der Waals surface area (Å²) in [6.45, 7) is 8.10. The van der Waals surface area contributed by atoms with Crippen LogP contribution in [0.1, 0.15) is 30.5 Å². The van der Waals surface area contributed by atoms with Crippen LogP contribution < -0.4 is 0 Å². The first-order valence-corrected chi connectivity index (χ1v) is 4.95. The molecule has 1 aromatic rings. The topological polar surface area (TPSA) is 20.2 Å². The van der Waals surface area contributed by atoms with Crippen LogP contribution >= 0.6 is 0 Å². The van der Waals surface area contributed by atoms with Crippen molar-refractivity contribution < 1.29 is 5.11 Å². The fourth-order valence-corrected chi connectivity index (χ4v) is 1.59. The number of phenolic OH excluding ortho intramolecular Hbond substituents is 1. The first-order chi connectivity index (χ1) is 6.54. The molecule has 0 aliphatic carbocycles. The van der Waals surface area contributed by atoms with E-state index in [0.29, 0.717) is 5.75 Å². The fraction of sp³-hybridized carbons (Fsp3) is 0.385. The molecule has 1 aromatic carbocycles. The molecule has 0 atom stereocenters. The summed E-state index contributed by atoms with van der Waals surface area (Å²) in [4.78, 5) is 0. The Morgan fingerprint density at radius 1 is 1.36 bits per heavy atom. The Labute approximate surface area is 86.1 Å². The number of aryl methyl sites for hydroxylation is 2. The minimum Gasteiger partial charge on any atom is -0.507 e. The van der Waals surface area contributed by atoms with Gasteiger partial charge in [0.2, 0.25) is 0 Å². The Bertz CT molecular complexity index is 362. The molecule has 1 heteroatoms. The van der Waals surface area contributed by atoms with E-state index < -0.39 is 0 Å². The third-order valence-electron chi connectivity index (χ3n) is 2.49. The lowest BCUT2D eigenvalue weighted by molar-refractivity contribution is 0.465. The molecule has 1 N–H and O–H groups in total. The zero-order chi connectivity index (χ0) is 10.7. The maximum atomic E-state index is 9.84. The van der Waals surface area contributed by atoms with E-state index in [0.717, 1.165) is 17.5 Å². The molecular weight excluding hydrogens is 172 g/mol. The molecule has 0 fully saturated rings. The van der Waals surface area contributed by atoms with Crippen molar-refractivity contribution in [2.75, 3.05) is 0 Å². The molecule has 76 valence electrons. The molecule has 0 aliphatic rings. The van der Waals surface area contributed by atoms with Gasteiger partial charge in [-0.3, -0.25) is 0 Å². The first-order valence-electron chi connectivity index (χ1n) is 4.95. The molecule has 0 saturated heterocycles. The van der Waals surface area contributed by atoms with Crippen LogP contribution in [0.5, 0.6) is 5.75 Å². The van der Waals surface area contributed by atoms with Crippen molar-refractivity contribution in [1.29, 1.82) is 0 Å². The summed E-state index contributed by atoms with van der Waals surface area (Å²) in [5.41, 5.74) is 4.48. The van der Waals surface area contributed by atoms with Gasteiger partial charge in [0, 0.05) is 0 Å². The Morgan fingerprint density at radius 2 is 2.00 bits per heavy atom. The van der Waals surface area contributed by atoms with E-state index in [9.17, 15) is 5.11 Å². The Kier molecular flexibility index (Phi) is 3.34. The van der Waals surface area contributed by atoms with Crippen LogP contribution in [0.25, 0.3) is 0 Å². The van der Waals surface area contributed by atoms with Crippen molar-refractivity contribution in [1.82, 2.24) is 0 Å². The highest BCUT2D eigenvalue weighted by molar-refractivity contribution is 5.44. The van der Waals surface area contributed by atoms with Gasteiger partial charge in [0.05, 0.1) is 0 Å². The lowest BCUT2D eigenvalue weighted by Gasteiger charge is -2.09. The van der Waals surface area contributed by atoms with Gasteiger partial charge in [-0.25, -0.2) is 0 Å². The van der Waals surface area contributed by atoms with Crippen LogP contribution in [0.2, 0.25) is 0 Å². The van der Waals surface area contributed by atoms with Crippen LogP contribution in [0.15, 0.2) is 23.8 Å². The summed E-state index contributed by atoms with van der Waals surface area (Å²) in [5, 5.41) is 9.84. The lowest BCUT2D eigenvalue weighted by Crippen LogP contribution is -1.91. The molecule has 0 aliphatic heterocycles. The van der Waals surface area contributed by atoms with E-state index in [4.69, 9.17) is 0 Å². The van der Waals surface area contributed by atoms with Gasteiger partial charge >= 0.3 is 0 Å². The second-order valence-corrected chi connectivity index (χ2v) is 3.90. The van der Waals surface area contributed by atoms with Gasteiger partial charge < -0.3 is 5.11 Å². The number of aromatic hydroxyl groups is 1. The SMILES string of the molecule is C/C=C(\C)Cc1cc(C)cc(C)c1O. The van der Waals surface area contributed by atoms with E-state index in [1.807, 2.05) is 19.9 Å². The van der Waals surface area contributed by atoms with Crippen molar-refractivity contribution in [3.05, 3.63) is 40.5 Å². The summed E-state index contributed by atoms with van der Waals surface area (Å²) in [6.07, 6.45) is 2.92. The van der Waals surface area contributed by atoms with Gasteiger partial charge in [0.15, 0.2) is 0 Å². The summed E-state index contributed by atoms with van der Waals surface area (Å²) >= 11 is 0. The van der Waals surface area contributed by atoms with E-state index >= 15 is 0 Å². The van der Waals surface area contributed by atoms with Crippen LogP contribution in [0.3, 0.4) is 0 Å². The second kappa shape index (κ2) is 4.32. The Balaban J connectivity index is 3.08. The predicted octanol–water partition coefficient (Wildman–Crippen LogP) is 3.52. The van der Waals surface area contributed by atoms with Crippen molar-refractivity contribution in [3.63, 3.8) is 0 Å². The minimum atomic E-state index is 0.441. The Morgan fingerprint density at radius 3 is 2.57 bits per heavy atom. The van der Waals surface area contributed by atoms with Crippen molar-refractivity contribution in [2.24, 2.45) is 0 Å². The average Bonchev–Trinajstić information content (AvgIpc) is 2.13. The highest BCUT2D eigenvalue weighted by Crippen LogP contribution is 2.25. The summed E-state index contributed by atoms with van der Waals surface area (Å²) in [7, 11) is 0. The molecule has 0 radical (unpaired) electrons. The van der Waals surface area contributed by atoms with E-state index in [-0.39, 0.29) is 0 Å². The van der Waals surface area contributed by atoms with Crippen LogP contribution in [0, 0.1) is 13.8 Å². The molecule has 1 rings (SSSR count). The molecule has 0 spiro atoms. The normalized spacial score (nSPS) is 11.9. The largest absolute Gasteiger partial charge is 0.507 e. The van der Waals surface area contributed by atoms with Gasteiger partial charge in [-0.2, -0.15) is 0 Å². The highest BCUT2D eigenvalue weighted by atomic mass is 16.3. The highest BCUT2D eigenvalue weighted by Gasteiger charge is 2.05. The van der Waals surface area contributed by atoms with Gasteiger partial charge in [-0.05, 0) is 45.2 Å². The van der Waals surface area contributed by atoms with Crippen LogP contribution in [-0.2, 0) is 6.42 Å². The fourth-order valence-electron chi connectivity index (χ4n) is 1.59. The third-order valence-corrected chi connectivity index (χ3v) is 2.49. The van der Waals surface area contributed by atoms with Gasteiger partial charge in [-0.1, -0.05) is 29.3 Å². The average molecular weight is 190 g/mol. The van der Waals surface area contributed by atoms with Crippen LogP contribution in [0.4, 0.5) is 0 Å². The van der Waals surface area contributed by atoms with Gasteiger partial charge in [0.1, 0.15) is 5.75 Å². The van der Waals surface area contributed by atoms with Crippen molar-refractivity contribution >= 4 is 0 Å². The van der Waals surface area contributed by atoms with E-state index in [2.05, 4.69) is 26.0 Å². The quantitative estimate of drug-likeness (QED) is 0.707. The summed E-state index contributed by atoms with van der Waals surface area (Å²) in [6, 6.07) is 4.05. The maximum absolute atomic E-state index is 9.84. The number of phenols is 1. The van der Waals surface area contributed by atoms with Gasteiger partial charge in [-0.15, -0.1) is 0 Å². The third kappa shape index (κ3) is 2.38. The minimum absolute atomic E-state index is 0.441. The summed E-state index contributed by atoms with van der Waals surface area (Å²) < 4.78 is 0. The smallest absolute Gasteiger partial charge is 0.122 e. The first kappa shape index (κ1) is 10.8. The zero-order valence-corrected chi connectivity index (χ0v) is 9.39. The molecule has 0 unspecified atom stereocenters. The number of benzene rings is 1. The lowest BCUT2D eigenvalue weighted by atomic mass is 10.00. The standard InChI is InChI=1S/C13H18O/c1-5-9(2)7-12-8-10(3)6-11(4)13(12)14/h5-6,8,14H,7H2,1-4H3/b9-5+. The van der Waals surface area contributed by atoms with Crippen molar-refractivity contribution in [3.8, 4) is 5.75 Å². The van der Waals surface area contributed by atoms with Crippen LogP contribution in [-0.4, -0.2) is 5.11 Å². The second-order valence-electron chi connectivity index (χ2n) is 3.90. The summed E-state index contributed by atoms with van der Waals surface area (Å²) in [5.74, 6) is 0.441. The molecular formula is C13H18O. The Hall–Kier alpha value is -1.24. The molecule has 0 saturated carbocycles.